The molecule has 2 amide bonds. The van der Waals surface area contributed by atoms with E-state index in [9.17, 15) is 13.8 Å². The molecule has 2 aliphatic heterocycles. The van der Waals surface area contributed by atoms with Gasteiger partial charge in [-0.2, -0.15) is 4.36 Å². The predicted molar refractivity (Wildman–Crippen MR) is 103 cm³/mol. The molecule has 144 valence electrons. The molecule has 2 fully saturated rings. The average molecular weight is 399 g/mol. The monoisotopic (exact) mass is 398 g/mol. The van der Waals surface area contributed by atoms with Gasteiger partial charge in [0.15, 0.2) is 0 Å². The van der Waals surface area contributed by atoms with Crippen molar-refractivity contribution in [1.82, 2.24) is 4.90 Å². The standard InChI is InChI=1S/C18H26N2O4S2/c1-15(21)20-9-10-24-18(14-20)7-12-26(23,13-8-18)19-17(22)6-2-4-16-5-3-11-25-16/h3,5,11H,2,4,6-10,12-14H2,1H3. The summed E-state index contributed by atoms with van der Waals surface area (Å²) in [6, 6.07) is 4.06. The lowest BCUT2D eigenvalue weighted by atomic mass is 9.94. The van der Waals surface area contributed by atoms with Crippen LogP contribution in [0.1, 0.15) is 37.5 Å². The van der Waals surface area contributed by atoms with Crippen molar-refractivity contribution in [3.05, 3.63) is 22.4 Å². The van der Waals surface area contributed by atoms with Gasteiger partial charge in [-0.05, 0) is 37.1 Å². The smallest absolute Gasteiger partial charge is 0.253 e. The van der Waals surface area contributed by atoms with Gasteiger partial charge in [-0.15, -0.1) is 11.3 Å². The first kappa shape index (κ1) is 19.5. The lowest BCUT2D eigenvalue weighted by Gasteiger charge is -2.45. The van der Waals surface area contributed by atoms with Gasteiger partial charge >= 0.3 is 0 Å². The molecule has 1 spiro atoms. The zero-order valence-corrected chi connectivity index (χ0v) is 16.8. The number of morpholine rings is 1. The van der Waals surface area contributed by atoms with E-state index in [1.165, 1.54) is 4.88 Å². The second kappa shape index (κ2) is 8.19. The van der Waals surface area contributed by atoms with E-state index < -0.39 is 15.3 Å². The van der Waals surface area contributed by atoms with Crippen molar-refractivity contribution in [2.75, 3.05) is 31.2 Å². The van der Waals surface area contributed by atoms with Gasteiger partial charge < -0.3 is 9.64 Å². The molecule has 3 rings (SSSR count). The molecule has 1 aromatic rings. The molecule has 0 aromatic carbocycles. The minimum absolute atomic E-state index is 0.0459. The van der Waals surface area contributed by atoms with Gasteiger partial charge in [-0.3, -0.25) is 9.59 Å². The number of hydrogen-bond acceptors (Lipinski definition) is 5. The van der Waals surface area contributed by atoms with E-state index >= 15 is 0 Å². The molecular formula is C18H26N2O4S2. The highest BCUT2D eigenvalue weighted by atomic mass is 32.2. The molecule has 0 bridgehead atoms. The van der Waals surface area contributed by atoms with Gasteiger partial charge in [-0.25, -0.2) is 4.21 Å². The number of rotatable bonds is 4. The number of hydrogen-bond donors (Lipinski definition) is 0. The summed E-state index contributed by atoms with van der Waals surface area (Å²) in [5, 5.41) is 2.02. The highest BCUT2D eigenvalue weighted by molar-refractivity contribution is 7.93. The van der Waals surface area contributed by atoms with E-state index in [2.05, 4.69) is 10.4 Å². The van der Waals surface area contributed by atoms with E-state index in [4.69, 9.17) is 4.74 Å². The molecular weight excluding hydrogens is 372 g/mol. The van der Waals surface area contributed by atoms with Crippen LogP contribution in [0, 0.1) is 0 Å². The fourth-order valence-electron chi connectivity index (χ4n) is 3.53. The maximum Gasteiger partial charge on any atom is 0.253 e. The van der Waals surface area contributed by atoms with Gasteiger partial charge in [0.1, 0.15) is 0 Å². The molecule has 26 heavy (non-hydrogen) atoms. The van der Waals surface area contributed by atoms with Crippen LogP contribution in [0.3, 0.4) is 0 Å². The molecule has 0 saturated carbocycles. The molecule has 0 radical (unpaired) electrons. The van der Waals surface area contributed by atoms with Crippen LogP contribution in [0.25, 0.3) is 0 Å². The number of thiophene rings is 1. The Hall–Kier alpha value is -1.25. The number of aryl methyl sites for hydroxylation is 1. The highest BCUT2D eigenvalue weighted by Crippen LogP contribution is 2.32. The maximum absolute atomic E-state index is 12.9. The zero-order chi connectivity index (χ0) is 18.6. The Labute approximate surface area is 159 Å². The van der Waals surface area contributed by atoms with Crippen molar-refractivity contribution in [3.8, 4) is 0 Å². The molecule has 0 N–H and O–H groups in total. The Kier molecular flexibility index (Phi) is 6.14. The van der Waals surface area contributed by atoms with Gasteiger partial charge in [0, 0.05) is 42.8 Å². The fourth-order valence-corrected chi connectivity index (χ4v) is 6.51. The highest BCUT2D eigenvalue weighted by Gasteiger charge is 2.41. The third kappa shape index (κ3) is 4.92. The quantitative estimate of drug-likeness (QED) is 0.781. The normalized spacial score (nSPS) is 28.9. The minimum Gasteiger partial charge on any atom is -0.371 e. The number of nitrogens with zero attached hydrogens (tertiary/aromatic N) is 2. The second-order valence-electron chi connectivity index (χ2n) is 7.07. The summed E-state index contributed by atoms with van der Waals surface area (Å²) in [5.74, 6) is 0.534. The van der Waals surface area contributed by atoms with Crippen molar-refractivity contribution >= 4 is 32.9 Å². The average Bonchev–Trinajstić information content (AvgIpc) is 3.12. The summed E-state index contributed by atoms with van der Waals surface area (Å²) >= 11 is 1.68. The Morgan fingerprint density at radius 1 is 1.38 bits per heavy atom. The minimum atomic E-state index is -2.49. The Morgan fingerprint density at radius 3 is 2.81 bits per heavy atom. The first-order valence-electron chi connectivity index (χ1n) is 9.07. The van der Waals surface area contributed by atoms with Crippen LogP contribution in [0.2, 0.25) is 0 Å². The molecule has 0 unspecified atom stereocenters. The van der Waals surface area contributed by atoms with Crippen molar-refractivity contribution in [2.24, 2.45) is 4.36 Å². The van der Waals surface area contributed by atoms with Crippen molar-refractivity contribution in [3.63, 3.8) is 0 Å². The SMILES string of the molecule is CC(=O)N1CCOC2(CCS(=O)(=NC(=O)CCCc3cccs3)CC2)C1. The number of amides is 2. The number of carbonyl (C=O) groups is 2. The van der Waals surface area contributed by atoms with Gasteiger partial charge in [0.25, 0.3) is 5.91 Å². The van der Waals surface area contributed by atoms with E-state index in [0.29, 0.717) is 50.5 Å². The Bertz CT molecular complexity index is 752. The van der Waals surface area contributed by atoms with Crippen LogP contribution in [-0.2, 0) is 30.5 Å². The van der Waals surface area contributed by atoms with Crippen LogP contribution in [0.5, 0.6) is 0 Å². The summed E-state index contributed by atoms with van der Waals surface area (Å²) in [7, 11) is -2.49. The van der Waals surface area contributed by atoms with Crippen LogP contribution < -0.4 is 0 Å². The summed E-state index contributed by atoms with van der Waals surface area (Å²) in [5.41, 5.74) is -0.414. The van der Waals surface area contributed by atoms with Gasteiger partial charge in [-0.1, -0.05) is 6.07 Å². The predicted octanol–water partition coefficient (Wildman–Crippen LogP) is 2.48. The number of carbonyl (C=O) groups excluding carboxylic acids is 2. The summed E-state index contributed by atoms with van der Waals surface area (Å²) in [4.78, 5) is 26.8. The van der Waals surface area contributed by atoms with Crippen molar-refractivity contribution in [1.29, 1.82) is 0 Å². The second-order valence-corrected chi connectivity index (χ2v) is 10.6. The van der Waals surface area contributed by atoms with Crippen LogP contribution in [-0.4, -0.2) is 57.7 Å². The summed E-state index contributed by atoms with van der Waals surface area (Å²) in [6.45, 7) is 3.24. The lowest BCUT2D eigenvalue weighted by molar-refractivity contribution is -0.150. The van der Waals surface area contributed by atoms with E-state index in [0.717, 1.165) is 12.8 Å². The van der Waals surface area contributed by atoms with E-state index in [-0.39, 0.29) is 11.8 Å². The van der Waals surface area contributed by atoms with Crippen molar-refractivity contribution < 1.29 is 18.5 Å². The third-order valence-corrected chi connectivity index (χ3v) is 8.27. The Balaban J connectivity index is 1.53. The lowest BCUT2D eigenvalue weighted by Crippen LogP contribution is -2.56. The van der Waals surface area contributed by atoms with Crippen LogP contribution >= 0.6 is 11.3 Å². The van der Waals surface area contributed by atoms with E-state index in [1.807, 2.05) is 11.4 Å². The molecule has 8 heteroatoms. The molecule has 0 atom stereocenters. The molecule has 2 aliphatic rings. The van der Waals surface area contributed by atoms with Crippen LogP contribution in [0.4, 0.5) is 0 Å². The Morgan fingerprint density at radius 2 is 2.15 bits per heavy atom. The maximum atomic E-state index is 12.9. The summed E-state index contributed by atoms with van der Waals surface area (Å²) in [6.07, 6.45) is 3.11. The van der Waals surface area contributed by atoms with Gasteiger partial charge in [0.2, 0.25) is 5.91 Å². The molecule has 2 saturated heterocycles. The topological polar surface area (TPSA) is 76.0 Å². The summed E-state index contributed by atoms with van der Waals surface area (Å²) < 4.78 is 22.9. The first-order valence-corrected chi connectivity index (χ1v) is 11.8. The fraction of sp³-hybridized carbons (Fsp3) is 0.667. The zero-order valence-electron chi connectivity index (χ0n) is 15.1. The number of ether oxygens (including phenoxy) is 1. The first-order chi connectivity index (χ1) is 12.4. The molecule has 0 aliphatic carbocycles. The third-order valence-electron chi connectivity index (χ3n) is 5.11. The van der Waals surface area contributed by atoms with Crippen LogP contribution in [0.15, 0.2) is 21.9 Å². The molecule has 1 aromatic heterocycles. The molecule has 3 heterocycles. The van der Waals surface area contributed by atoms with Crippen molar-refractivity contribution in [2.45, 2.75) is 44.6 Å². The largest absolute Gasteiger partial charge is 0.371 e. The van der Waals surface area contributed by atoms with E-state index in [1.54, 1.807) is 23.2 Å². The molecule has 6 nitrogen and oxygen atoms in total. The van der Waals surface area contributed by atoms with Gasteiger partial charge in [0.05, 0.1) is 21.9 Å².